The van der Waals surface area contributed by atoms with Gasteiger partial charge in [0.2, 0.25) is 0 Å². The van der Waals surface area contributed by atoms with Gasteiger partial charge in [-0.3, -0.25) is 0 Å². The molecule has 1 heterocycles. The number of esters is 1. The molecule has 0 bridgehead atoms. The van der Waals surface area contributed by atoms with Crippen LogP contribution in [0.15, 0.2) is 12.3 Å². The average Bonchev–Trinajstić information content (AvgIpc) is 2.30. The van der Waals surface area contributed by atoms with Crippen LogP contribution in [0, 0.1) is 0 Å². The summed E-state index contributed by atoms with van der Waals surface area (Å²) in [6.45, 7) is 1.48. The Morgan fingerprint density at radius 3 is 2.79 bits per heavy atom. The maximum Gasteiger partial charge on any atom is 0.390 e. The van der Waals surface area contributed by atoms with E-state index in [1.807, 2.05) is 0 Å². The van der Waals surface area contributed by atoms with Gasteiger partial charge in [-0.15, -0.1) is 0 Å². The Labute approximate surface area is 108 Å². The van der Waals surface area contributed by atoms with Crippen LogP contribution in [-0.2, 0) is 4.74 Å². The van der Waals surface area contributed by atoms with Crippen molar-refractivity contribution < 1.29 is 22.7 Å². The molecule has 0 fully saturated rings. The van der Waals surface area contributed by atoms with Gasteiger partial charge in [-0.2, -0.15) is 13.2 Å². The molecule has 0 aliphatic rings. The lowest BCUT2D eigenvalue weighted by molar-refractivity contribution is -0.131. The number of ether oxygens (including phenoxy) is 1. The molecule has 0 radical (unpaired) electrons. The van der Waals surface area contributed by atoms with Gasteiger partial charge in [0.25, 0.3) is 0 Å². The molecule has 106 valence electrons. The van der Waals surface area contributed by atoms with Crippen LogP contribution in [-0.4, -0.2) is 30.3 Å². The van der Waals surface area contributed by atoms with Crippen molar-refractivity contribution in [3.8, 4) is 0 Å². The van der Waals surface area contributed by atoms with E-state index in [2.05, 4.69) is 10.3 Å². The van der Waals surface area contributed by atoms with Crippen LogP contribution in [0.4, 0.5) is 24.7 Å². The highest BCUT2D eigenvalue weighted by molar-refractivity contribution is 5.95. The highest BCUT2D eigenvalue weighted by Crippen LogP contribution is 2.20. The van der Waals surface area contributed by atoms with Crippen LogP contribution < -0.4 is 11.1 Å². The van der Waals surface area contributed by atoms with Crippen molar-refractivity contribution in [2.24, 2.45) is 0 Å². The number of hydrogen-bond acceptors (Lipinski definition) is 5. The van der Waals surface area contributed by atoms with Gasteiger partial charge in [0, 0.05) is 6.54 Å². The van der Waals surface area contributed by atoms with E-state index in [-0.39, 0.29) is 30.2 Å². The summed E-state index contributed by atoms with van der Waals surface area (Å²) in [5.74, 6) is -0.497. The third-order valence-corrected chi connectivity index (χ3v) is 2.14. The van der Waals surface area contributed by atoms with Crippen molar-refractivity contribution in [2.45, 2.75) is 19.5 Å². The molecule has 0 amide bonds. The largest absolute Gasteiger partial charge is 0.462 e. The number of rotatable bonds is 5. The SMILES string of the molecule is CCOC(=O)c1cc(NCCC(F)(F)F)ncc1N. The normalized spacial score (nSPS) is 11.2. The van der Waals surface area contributed by atoms with Gasteiger partial charge in [0.1, 0.15) is 5.82 Å². The fourth-order valence-corrected chi connectivity index (χ4v) is 1.28. The molecular weight excluding hydrogens is 263 g/mol. The predicted molar refractivity (Wildman–Crippen MR) is 63.8 cm³/mol. The number of halogens is 3. The van der Waals surface area contributed by atoms with E-state index in [4.69, 9.17) is 10.5 Å². The summed E-state index contributed by atoms with van der Waals surface area (Å²) in [7, 11) is 0. The van der Waals surface area contributed by atoms with Gasteiger partial charge in [-0.1, -0.05) is 0 Å². The van der Waals surface area contributed by atoms with E-state index in [0.717, 1.165) is 0 Å². The molecule has 0 atom stereocenters. The van der Waals surface area contributed by atoms with Crippen molar-refractivity contribution >= 4 is 17.5 Å². The molecule has 0 aromatic carbocycles. The van der Waals surface area contributed by atoms with Crippen molar-refractivity contribution in [3.63, 3.8) is 0 Å². The minimum atomic E-state index is -4.25. The lowest BCUT2D eigenvalue weighted by Gasteiger charge is -2.10. The highest BCUT2D eigenvalue weighted by Gasteiger charge is 2.26. The quantitative estimate of drug-likeness (QED) is 0.807. The summed E-state index contributed by atoms with van der Waals surface area (Å²) in [5, 5.41) is 2.47. The second kappa shape index (κ2) is 6.26. The van der Waals surface area contributed by atoms with E-state index in [9.17, 15) is 18.0 Å². The first kappa shape index (κ1) is 15.1. The number of nitrogens with zero attached hydrogens (tertiary/aromatic N) is 1. The standard InChI is InChI=1S/C11H14F3N3O2/c1-2-19-10(18)7-5-9(17-6-8(7)15)16-4-3-11(12,13)14/h5-6H,2-4,15H2,1H3,(H,16,17). The molecular formula is C11H14F3N3O2. The molecule has 1 aromatic heterocycles. The first-order valence-electron chi connectivity index (χ1n) is 5.56. The minimum absolute atomic E-state index is 0.0753. The fourth-order valence-electron chi connectivity index (χ4n) is 1.28. The minimum Gasteiger partial charge on any atom is -0.462 e. The van der Waals surface area contributed by atoms with Crippen LogP contribution in [0.25, 0.3) is 0 Å². The maximum absolute atomic E-state index is 12.0. The smallest absolute Gasteiger partial charge is 0.390 e. The predicted octanol–water partition coefficient (Wildman–Crippen LogP) is 2.20. The van der Waals surface area contributed by atoms with Gasteiger partial charge >= 0.3 is 12.1 Å². The number of pyridine rings is 1. The Morgan fingerprint density at radius 1 is 1.53 bits per heavy atom. The van der Waals surface area contributed by atoms with Gasteiger partial charge in [-0.05, 0) is 13.0 Å². The molecule has 1 rings (SSSR count). The molecule has 0 saturated heterocycles. The first-order valence-corrected chi connectivity index (χ1v) is 5.56. The second-order valence-corrected chi connectivity index (χ2v) is 3.67. The zero-order valence-corrected chi connectivity index (χ0v) is 10.3. The third kappa shape index (κ3) is 5.02. The Bertz CT molecular complexity index is 449. The van der Waals surface area contributed by atoms with Crippen LogP contribution in [0.5, 0.6) is 0 Å². The molecule has 5 nitrogen and oxygen atoms in total. The fraction of sp³-hybridized carbons (Fsp3) is 0.455. The summed E-state index contributed by atoms with van der Waals surface area (Å²) in [6, 6.07) is 1.27. The molecule has 8 heteroatoms. The van der Waals surface area contributed by atoms with Crippen LogP contribution in [0.2, 0.25) is 0 Å². The Morgan fingerprint density at radius 2 is 2.21 bits per heavy atom. The van der Waals surface area contributed by atoms with Crippen LogP contribution in [0.1, 0.15) is 23.7 Å². The third-order valence-electron chi connectivity index (χ3n) is 2.14. The Kier molecular flexibility index (Phi) is 4.96. The van der Waals surface area contributed by atoms with Crippen molar-refractivity contribution in [1.29, 1.82) is 0 Å². The van der Waals surface area contributed by atoms with Gasteiger partial charge < -0.3 is 15.8 Å². The summed E-state index contributed by atoms with van der Waals surface area (Å²) in [5.41, 5.74) is 5.73. The zero-order chi connectivity index (χ0) is 14.5. The van der Waals surface area contributed by atoms with E-state index in [1.54, 1.807) is 6.92 Å². The monoisotopic (exact) mass is 277 g/mol. The second-order valence-electron chi connectivity index (χ2n) is 3.67. The molecule has 0 aliphatic heterocycles. The lowest BCUT2D eigenvalue weighted by Crippen LogP contribution is -2.16. The van der Waals surface area contributed by atoms with Crippen molar-refractivity contribution in [2.75, 3.05) is 24.2 Å². The van der Waals surface area contributed by atoms with Gasteiger partial charge in [0.15, 0.2) is 0 Å². The van der Waals surface area contributed by atoms with E-state index in [0.29, 0.717) is 0 Å². The summed E-state index contributed by atoms with van der Waals surface area (Å²) < 4.78 is 40.7. The van der Waals surface area contributed by atoms with Crippen molar-refractivity contribution in [3.05, 3.63) is 17.8 Å². The Balaban J connectivity index is 2.71. The Hall–Kier alpha value is -1.99. The van der Waals surface area contributed by atoms with Crippen molar-refractivity contribution in [1.82, 2.24) is 4.98 Å². The van der Waals surface area contributed by atoms with Crippen LogP contribution in [0.3, 0.4) is 0 Å². The number of anilines is 2. The number of nitrogens with two attached hydrogens (primary N) is 1. The molecule has 3 N–H and O–H groups in total. The molecule has 0 unspecified atom stereocenters. The summed E-state index contributed by atoms with van der Waals surface area (Å²) >= 11 is 0. The first-order chi connectivity index (χ1) is 8.83. The van der Waals surface area contributed by atoms with E-state index in [1.165, 1.54) is 12.3 Å². The number of carbonyl (C=O) groups excluding carboxylic acids is 1. The number of hydrogen-bond donors (Lipinski definition) is 2. The van der Waals surface area contributed by atoms with E-state index < -0.39 is 18.6 Å². The number of carbonyl (C=O) groups is 1. The molecule has 0 saturated carbocycles. The number of aromatic nitrogens is 1. The van der Waals surface area contributed by atoms with Crippen LogP contribution >= 0.6 is 0 Å². The average molecular weight is 277 g/mol. The van der Waals surface area contributed by atoms with Gasteiger partial charge in [-0.25, -0.2) is 9.78 Å². The van der Waals surface area contributed by atoms with E-state index >= 15 is 0 Å². The molecule has 0 aliphatic carbocycles. The zero-order valence-electron chi connectivity index (χ0n) is 10.3. The molecule has 1 aromatic rings. The maximum atomic E-state index is 12.0. The number of alkyl halides is 3. The summed E-state index contributed by atoms with van der Waals surface area (Å²) in [4.78, 5) is 15.3. The molecule has 19 heavy (non-hydrogen) atoms. The topological polar surface area (TPSA) is 77.2 Å². The highest BCUT2D eigenvalue weighted by atomic mass is 19.4. The number of nitrogen functional groups attached to an aromatic ring is 1. The lowest BCUT2D eigenvalue weighted by atomic mass is 10.2. The molecule has 0 spiro atoms. The number of nitrogens with one attached hydrogen (secondary N) is 1. The summed E-state index contributed by atoms with van der Waals surface area (Å²) in [6.07, 6.45) is -4.04. The van der Waals surface area contributed by atoms with Gasteiger partial charge in [0.05, 0.1) is 30.5 Å².